The van der Waals surface area contributed by atoms with Gasteiger partial charge in [0.15, 0.2) is 0 Å². The molecule has 18 heavy (non-hydrogen) atoms. The van der Waals surface area contributed by atoms with Crippen LogP contribution in [0.3, 0.4) is 0 Å². The quantitative estimate of drug-likeness (QED) is 0.886. The predicted molar refractivity (Wildman–Crippen MR) is 70.7 cm³/mol. The molecule has 0 radical (unpaired) electrons. The molecule has 1 aliphatic rings. The molecule has 0 aliphatic carbocycles. The summed E-state index contributed by atoms with van der Waals surface area (Å²) < 4.78 is 0. The molecule has 1 aromatic rings. The highest BCUT2D eigenvalue weighted by molar-refractivity contribution is 5.78. The Kier molecular flexibility index (Phi) is 4.02. The Bertz CT molecular complexity index is 411. The van der Waals surface area contributed by atoms with Gasteiger partial charge in [-0.3, -0.25) is 4.79 Å². The van der Waals surface area contributed by atoms with Crippen molar-refractivity contribution in [3.63, 3.8) is 0 Å². The molecular formula is C15H21NO2. The van der Waals surface area contributed by atoms with Crippen LogP contribution in [0.5, 0.6) is 0 Å². The van der Waals surface area contributed by atoms with Crippen molar-refractivity contribution in [2.45, 2.75) is 33.4 Å². The number of hydrogen-bond donors (Lipinski definition) is 1. The maximum Gasteiger partial charge on any atom is 0.223 e. The molecule has 1 atom stereocenters. The first-order valence-electron chi connectivity index (χ1n) is 6.56. The molecule has 1 saturated heterocycles. The summed E-state index contributed by atoms with van der Waals surface area (Å²) >= 11 is 0. The number of hydrogen-bond acceptors (Lipinski definition) is 2. The Balaban J connectivity index is 1.98. The summed E-state index contributed by atoms with van der Waals surface area (Å²) in [6, 6.07) is 7.80. The van der Waals surface area contributed by atoms with E-state index in [0.717, 1.165) is 17.7 Å². The van der Waals surface area contributed by atoms with Gasteiger partial charge in [-0.05, 0) is 23.0 Å². The van der Waals surface area contributed by atoms with E-state index in [1.807, 2.05) is 29.2 Å². The summed E-state index contributed by atoms with van der Waals surface area (Å²) in [6.07, 6.45) is 0.687. The number of aliphatic hydroxyl groups is 1. The summed E-state index contributed by atoms with van der Waals surface area (Å²) in [4.78, 5) is 13.8. The lowest BCUT2D eigenvalue weighted by Gasteiger charge is -2.18. The molecule has 1 aromatic carbocycles. The van der Waals surface area contributed by atoms with Crippen LogP contribution in [0.4, 0.5) is 0 Å². The highest BCUT2D eigenvalue weighted by Gasteiger charge is 2.31. The maximum atomic E-state index is 11.9. The average molecular weight is 247 g/mol. The SMILES string of the molecule is CC(C)C1CC(=O)N(Cc2ccc(CO)cc2)C1. The molecule has 3 heteroatoms. The normalized spacial score (nSPS) is 19.9. The van der Waals surface area contributed by atoms with Crippen molar-refractivity contribution in [1.82, 2.24) is 4.90 Å². The second-order valence-electron chi connectivity index (χ2n) is 5.46. The fourth-order valence-electron chi connectivity index (χ4n) is 2.37. The average Bonchev–Trinajstić information content (AvgIpc) is 2.72. The fourth-order valence-corrected chi connectivity index (χ4v) is 2.37. The molecule has 1 heterocycles. The molecule has 1 aliphatic heterocycles. The van der Waals surface area contributed by atoms with E-state index in [1.165, 1.54) is 0 Å². The fraction of sp³-hybridized carbons (Fsp3) is 0.533. The monoisotopic (exact) mass is 247 g/mol. The highest BCUT2D eigenvalue weighted by atomic mass is 16.3. The summed E-state index contributed by atoms with van der Waals surface area (Å²) in [5, 5.41) is 8.99. The lowest BCUT2D eigenvalue weighted by Crippen LogP contribution is -2.25. The van der Waals surface area contributed by atoms with Crippen molar-refractivity contribution < 1.29 is 9.90 Å². The van der Waals surface area contributed by atoms with Gasteiger partial charge in [0, 0.05) is 19.5 Å². The van der Waals surface area contributed by atoms with Gasteiger partial charge < -0.3 is 10.0 Å². The Hall–Kier alpha value is -1.35. The first kappa shape index (κ1) is 13.1. The van der Waals surface area contributed by atoms with Crippen molar-refractivity contribution in [3.8, 4) is 0 Å². The van der Waals surface area contributed by atoms with E-state index >= 15 is 0 Å². The molecule has 1 fully saturated rings. The molecule has 2 rings (SSSR count). The molecule has 0 aromatic heterocycles. The third kappa shape index (κ3) is 2.91. The Morgan fingerprint density at radius 3 is 2.39 bits per heavy atom. The lowest BCUT2D eigenvalue weighted by molar-refractivity contribution is -0.128. The third-order valence-electron chi connectivity index (χ3n) is 3.77. The van der Waals surface area contributed by atoms with Crippen LogP contribution in [0.2, 0.25) is 0 Å². The number of carbonyl (C=O) groups is 1. The third-order valence-corrected chi connectivity index (χ3v) is 3.77. The molecule has 98 valence electrons. The van der Waals surface area contributed by atoms with Crippen LogP contribution >= 0.6 is 0 Å². The smallest absolute Gasteiger partial charge is 0.223 e. The summed E-state index contributed by atoms with van der Waals surface area (Å²) in [5.41, 5.74) is 2.04. The second kappa shape index (κ2) is 5.53. The Morgan fingerprint density at radius 1 is 1.28 bits per heavy atom. The zero-order valence-corrected chi connectivity index (χ0v) is 11.1. The van der Waals surface area contributed by atoms with Crippen molar-refractivity contribution in [1.29, 1.82) is 0 Å². The van der Waals surface area contributed by atoms with Crippen LogP contribution in [0.15, 0.2) is 24.3 Å². The van der Waals surface area contributed by atoms with Gasteiger partial charge in [-0.2, -0.15) is 0 Å². The molecule has 1 amide bonds. The van der Waals surface area contributed by atoms with Crippen LogP contribution in [-0.2, 0) is 17.9 Å². The lowest BCUT2D eigenvalue weighted by atomic mass is 9.95. The van der Waals surface area contributed by atoms with Crippen LogP contribution < -0.4 is 0 Å². The minimum atomic E-state index is 0.0678. The second-order valence-corrected chi connectivity index (χ2v) is 5.46. The van der Waals surface area contributed by atoms with Gasteiger partial charge in [0.05, 0.1) is 6.61 Å². The zero-order valence-electron chi connectivity index (χ0n) is 11.1. The summed E-state index contributed by atoms with van der Waals surface area (Å²) in [7, 11) is 0. The van der Waals surface area contributed by atoms with E-state index in [2.05, 4.69) is 13.8 Å². The van der Waals surface area contributed by atoms with E-state index in [4.69, 9.17) is 5.11 Å². The molecule has 1 N–H and O–H groups in total. The number of benzene rings is 1. The molecule has 0 saturated carbocycles. The first-order valence-corrected chi connectivity index (χ1v) is 6.56. The number of amides is 1. The van der Waals surface area contributed by atoms with Gasteiger partial charge in [0.1, 0.15) is 0 Å². The molecular weight excluding hydrogens is 226 g/mol. The van der Waals surface area contributed by atoms with E-state index in [1.54, 1.807) is 0 Å². The topological polar surface area (TPSA) is 40.5 Å². The minimum Gasteiger partial charge on any atom is -0.392 e. The standard InChI is InChI=1S/C15H21NO2/c1-11(2)14-7-15(18)16(9-14)8-12-3-5-13(10-17)6-4-12/h3-6,11,14,17H,7-10H2,1-2H3. The van der Waals surface area contributed by atoms with Gasteiger partial charge in [-0.25, -0.2) is 0 Å². The van der Waals surface area contributed by atoms with Crippen molar-refractivity contribution in [2.24, 2.45) is 11.8 Å². The molecule has 0 spiro atoms. The van der Waals surface area contributed by atoms with Crippen molar-refractivity contribution in [2.75, 3.05) is 6.54 Å². The molecule has 1 unspecified atom stereocenters. The summed E-state index contributed by atoms with van der Waals surface area (Å²) in [6.45, 7) is 5.99. The van der Waals surface area contributed by atoms with Gasteiger partial charge in [0.2, 0.25) is 5.91 Å². The van der Waals surface area contributed by atoms with Gasteiger partial charge in [-0.1, -0.05) is 38.1 Å². The number of aliphatic hydroxyl groups excluding tert-OH is 1. The van der Waals surface area contributed by atoms with Gasteiger partial charge >= 0.3 is 0 Å². The molecule has 3 nitrogen and oxygen atoms in total. The van der Waals surface area contributed by atoms with Gasteiger partial charge in [-0.15, -0.1) is 0 Å². The zero-order chi connectivity index (χ0) is 13.1. The minimum absolute atomic E-state index is 0.0678. The van der Waals surface area contributed by atoms with E-state index in [0.29, 0.717) is 24.8 Å². The highest BCUT2D eigenvalue weighted by Crippen LogP contribution is 2.26. The van der Waals surface area contributed by atoms with Crippen molar-refractivity contribution >= 4 is 5.91 Å². The van der Waals surface area contributed by atoms with Crippen LogP contribution in [0.25, 0.3) is 0 Å². The van der Waals surface area contributed by atoms with Crippen LogP contribution in [0.1, 0.15) is 31.4 Å². The Labute approximate surface area is 108 Å². The first-order chi connectivity index (χ1) is 8.60. The van der Waals surface area contributed by atoms with E-state index in [-0.39, 0.29) is 12.5 Å². The number of carbonyl (C=O) groups excluding carboxylic acids is 1. The van der Waals surface area contributed by atoms with Crippen LogP contribution in [-0.4, -0.2) is 22.5 Å². The number of likely N-dealkylation sites (tertiary alicyclic amines) is 1. The van der Waals surface area contributed by atoms with Crippen LogP contribution in [0, 0.1) is 11.8 Å². The molecule has 0 bridgehead atoms. The summed E-state index contributed by atoms with van der Waals surface area (Å²) in [5.74, 6) is 1.32. The van der Waals surface area contributed by atoms with Crippen molar-refractivity contribution in [3.05, 3.63) is 35.4 Å². The van der Waals surface area contributed by atoms with Gasteiger partial charge in [0.25, 0.3) is 0 Å². The predicted octanol–water partition coefficient (Wildman–Crippen LogP) is 2.18. The van der Waals surface area contributed by atoms with E-state index < -0.39 is 0 Å². The largest absolute Gasteiger partial charge is 0.392 e. The van der Waals surface area contributed by atoms with E-state index in [9.17, 15) is 4.79 Å². The Morgan fingerprint density at radius 2 is 1.89 bits per heavy atom. The number of rotatable bonds is 4. The maximum absolute atomic E-state index is 11.9. The number of nitrogens with zero attached hydrogens (tertiary/aromatic N) is 1.